The van der Waals surface area contributed by atoms with Crippen molar-refractivity contribution in [2.45, 2.75) is 45.2 Å². The Bertz CT molecular complexity index is 1640. The molecule has 0 amide bonds. The summed E-state index contributed by atoms with van der Waals surface area (Å²) in [7, 11) is 1.37. The van der Waals surface area contributed by atoms with Crippen LogP contribution in [0.15, 0.2) is 46.4 Å². The lowest BCUT2D eigenvalue weighted by molar-refractivity contribution is -0.144. The number of fused-ring (bicyclic) bond motifs is 1. The molecule has 0 bridgehead atoms. The number of nitroso groups, excluding NO2 is 1. The van der Waals surface area contributed by atoms with Crippen molar-refractivity contribution in [3.63, 3.8) is 0 Å². The summed E-state index contributed by atoms with van der Waals surface area (Å²) in [4.78, 5) is 33.2. The molecule has 0 aliphatic rings. The molecule has 1 aromatic carbocycles. The van der Waals surface area contributed by atoms with Crippen LogP contribution in [0.1, 0.15) is 43.1 Å². The van der Waals surface area contributed by atoms with Gasteiger partial charge in [0.25, 0.3) is 5.56 Å². The van der Waals surface area contributed by atoms with Crippen LogP contribution in [0.2, 0.25) is 0 Å². The van der Waals surface area contributed by atoms with Gasteiger partial charge in [-0.05, 0) is 43.7 Å². The number of imidazole rings is 1. The van der Waals surface area contributed by atoms with Crippen molar-refractivity contribution in [3.05, 3.63) is 74.3 Å². The Labute approximate surface area is 215 Å². The van der Waals surface area contributed by atoms with Crippen LogP contribution >= 0.6 is 0 Å². The molecule has 3 heterocycles. The Balaban J connectivity index is 2.02. The van der Waals surface area contributed by atoms with Gasteiger partial charge < -0.3 is 9.13 Å². The summed E-state index contributed by atoms with van der Waals surface area (Å²) in [6.45, 7) is 2.75. The van der Waals surface area contributed by atoms with Crippen molar-refractivity contribution < 1.29 is 30.7 Å². The van der Waals surface area contributed by atoms with Crippen molar-refractivity contribution in [1.29, 1.82) is 0 Å². The van der Waals surface area contributed by atoms with Gasteiger partial charge in [-0.1, -0.05) is 18.2 Å². The molecule has 4 aromatic rings. The molecule has 39 heavy (non-hydrogen) atoms. The molecule has 0 fully saturated rings. The third-order valence-electron chi connectivity index (χ3n) is 6.32. The first-order valence-electron chi connectivity index (χ1n) is 11.6. The lowest BCUT2D eigenvalue weighted by Crippen LogP contribution is -2.28. The number of halogens is 7. The minimum atomic E-state index is -4.85. The number of pyridine rings is 2. The zero-order valence-electron chi connectivity index (χ0n) is 20.7. The lowest BCUT2D eigenvalue weighted by Gasteiger charge is -2.15. The Morgan fingerprint density at radius 1 is 0.974 bits per heavy atom. The first-order valence-corrected chi connectivity index (χ1v) is 11.6. The first-order chi connectivity index (χ1) is 18.2. The fourth-order valence-corrected chi connectivity index (χ4v) is 4.40. The zero-order valence-corrected chi connectivity index (χ0v) is 20.7. The molecule has 0 saturated heterocycles. The van der Waals surface area contributed by atoms with E-state index in [9.17, 15) is 40.4 Å². The Hall–Kier alpha value is -4.10. The quantitative estimate of drug-likeness (QED) is 0.192. The van der Waals surface area contributed by atoms with E-state index >= 15 is 0 Å². The van der Waals surface area contributed by atoms with Gasteiger partial charge in [0.2, 0.25) is 0 Å². The van der Waals surface area contributed by atoms with Gasteiger partial charge in [-0.25, -0.2) is 14.4 Å². The normalized spacial score (nSPS) is 13.2. The predicted octanol–water partition coefficient (Wildman–Crippen LogP) is 6.88. The predicted molar refractivity (Wildman–Crippen MR) is 128 cm³/mol. The number of hydrogen-bond acceptors (Lipinski definition) is 5. The first kappa shape index (κ1) is 27.9. The molecule has 0 N–H and O–H groups in total. The second-order valence-electron chi connectivity index (χ2n) is 8.66. The van der Waals surface area contributed by atoms with Gasteiger partial charge in [-0.2, -0.15) is 31.2 Å². The molecule has 3 aromatic heterocycles. The van der Waals surface area contributed by atoms with E-state index in [1.165, 1.54) is 30.7 Å². The molecule has 7 nitrogen and oxygen atoms in total. The Kier molecular flexibility index (Phi) is 7.08. The number of rotatable bonds is 6. The number of alkyl halides is 6. The monoisotopic (exact) mass is 555 g/mol. The van der Waals surface area contributed by atoms with E-state index in [1.54, 1.807) is 6.92 Å². The maximum atomic E-state index is 14.8. The summed E-state index contributed by atoms with van der Waals surface area (Å²) in [6.07, 6.45) is -9.43. The van der Waals surface area contributed by atoms with E-state index in [0.29, 0.717) is 16.7 Å². The summed E-state index contributed by atoms with van der Waals surface area (Å²) in [6, 6.07) is 4.27. The summed E-state index contributed by atoms with van der Waals surface area (Å²) in [5.74, 6) is -1.34. The average molecular weight is 555 g/mol. The van der Waals surface area contributed by atoms with Crippen LogP contribution in [0.4, 0.5) is 30.7 Å². The molecule has 0 radical (unpaired) electrons. The van der Waals surface area contributed by atoms with Gasteiger partial charge in [0.15, 0.2) is 5.82 Å². The van der Waals surface area contributed by atoms with Crippen molar-refractivity contribution in [2.24, 2.45) is 12.2 Å². The fourth-order valence-electron chi connectivity index (χ4n) is 4.40. The van der Waals surface area contributed by atoms with E-state index in [2.05, 4.69) is 15.1 Å². The van der Waals surface area contributed by atoms with Crippen LogP contribution < -0.4 is 5.56 Å². The van der Waals surface area contributed by atoms with E-state index in [4.69, 9.17) is 0 Å². The second kappa shape index (κ2) is 9.89. The third kappa shape index (κ3) is 4.90. The number of hydrogen-bond donors (Lipinski definition) is 0. The van der Waals surface area contributed by atoms with E-state index in [1.807, 2.05) is 0 Å². The maximum absolute atomic E-state index is 14.8. The highest BCUT2D eigenvalue weighted by molar-refractivity contribution is 5.81. The van der Waals surface area contributed by atoms with Gasteiger partial charge in [-0.15, -0.1) is 0 Å². The van der Waals surface area contributed by atoms with Crippen LogP contribution in [0.5, 0.6) is 0 Å². The molecule has 4 rings (SSSR count). The van der Waals surface area contributed by atoms with Crippen LogP contribution in [-0.4, -0.2) is 19.1 Å². The van der Waals surface area contributed by atoms with Crippen molar-refractivity contribution >= 4 is 11.0 Å². The molecule has 1 atom stereocenters. The highest BCUT2D eigenvalue weighted by Crippen LogP contribution is 2.37. The molecule has 0 spiro atoms. The van der Waals surface area contributed by atoms with Crippen LogP contribution in [-0.2, 0) is 25.9 Å². The Morgan fingerprint density at radius 2 is 1.67 bits per heavy atom. The van der Waals surface area contributed by atoms with E-state index < -0.39 is 41.0 Å². The minimum Gasteiger partial charge on any atom is -0.321 e. The molecular weight excluding hydrogens is 535 g/mol. The fraction of sp³-hybridized carbons (Fsp3) is 0.320. The topological polar surface area (TPSA) is 82.1 Å². The van der Waals surface area contributed by atoms with E-state index in [0.717, 1.165) is 12.1 Å². The van der Waals surface area contributed by atoms with Crippen LogP contribution in [0, 0.1) is 10.7 Å². The van der Waals surface area contributed by atoms with Gasteiger partial charge in [0, 0.05) is 24.7 Å². The maximum Gasteiger partial charge on any atom is 0.431 e. The molecule has 1 unspecified atom stereocenters. The number of benzene rings is 1. The van der Waals surface area contributed by atoms with Crippen LogP contribution in [0.25, 0.3) is 33.8 Å². The molecular formula is C25H20F7N5O2. The average Bonchev–Trinajstić information content (AvgIpc) is 3.20. The standard InChI is InChI=1S/C25H20F7N5O2/c1-4-16(35-39)14-8-9-17(13-7-6-12(10-15(13)26)24(27,28)29)33-20(14)22-34-18-11-19(25(30,31)32)37(5-2)23(38)21(18)36(22)3/h6-11,16H,4-5H2,1-3H3. The van der Waals surface area contributed by atoms with E-state index in [-0.39, 0.29) is 52.3 Å². The largest absolute Gasteiger partial charge is 0.431 e. The minimum absolute atomic E-state index is 0.0899. The van der Waals surface area contributed by atoms with Gasteiger partial charge in [-0.3, -0.25) is 4.79 Å². The molecule has 0 aliphatic carbocycles. The Morgan fingerprint density at radius 3 is 2.21 bits per heavy atom. The molecule has 0 aliphatic heterocycles. The number of aromatic nitrogens is 4. The summed E-state index contributed by atoms with van der Waals surface area (Å²) < 4.78 is 96.5. The third-order valence-corrected chi connectivity index (χ3v) is 6.32. The van der Waals surface area contributed by atoms with Gasteiger partial charge in [0.1, 0.15) is 28.8 Å². The lowest BCUT2D eigenvalue weighted by atomic mass is 10.00. The molecule has 14 heteroatoms. The summed E-state index contributed by atoms with van der Waals surface area (Å²) in [5, 5.41) is 3.06. The smallest absolute Gasteiger partial charge is 0.321 e. The van der Waals surface area contributed by atoms with Crippen molar-refractivity contribution in [3.8, 4) is 22.8 Å². The highest BCUT2D eigenvalue weighted by Gasteiger charge is 2.36. The van der Waals surface area contributed by atoms with Gasteiger partial charge in [0.05, 0.1) is 16.8 Å². The van der Waals surface area contributed by atoms with Crippen molar-refractivity contribution in [2.75, 3.05) is 0 Å². The molecule has 0 saturated carbocycles. The SMILES string of the molecule is CCC(N=O)c1ccc(-c2ccc(C(F)(F)F)cc2F)nc1-c1nc2cc(C(F)(F)F)n(CC)c(=O)c2n1C. The second-order valence-corrected chi connectivity index (χ2v) is 8.66. The number of nitrogens with zero attached hydrogens (tertiary/aromatic N) is 5. The van der Waals surface area contributed by atoms with Crippen molar-refractivity contribution in [1.82, 2.24) is 19.1 Å². The highest BCUT2D eigenvalue weighted by atomic mass is 19.4. The summed E-state index contributed by atoms with van der Waals surface area (Å²) in [5.41, 5.74) is -4.17. The van der Waals surface area contributed by atoms with Gasteiger partial charge >= 0.3 is 12.4 Å². The molecule has 206 valence electrons. The summed E-state index contributed by atoms with van der Waals surface area (Å²) >= 11 is 0. The number of aryl methyl sites for hydroxylation is 1. The zero-order chi connectivity index (χ0) is 28.9. The van der Waals surface area contributed by atoms with Crippen LogP contribution in [0.3, 0.4) is 0 Å².